The number of rotatable bonds is 5. The van der Waals surface area contributed by atoms with Gasteiger partial charge in [0, 0.05) is 18.6 Å². The van der Waals surface area contributed by atoms with Crippen molar-refractivity contribution in [3.05, 3.63) is 10.7 Å². The van der Waals surface area contributed by atoms with Gasteiger partial charge in [-0.15, -0.1) is 0 Å². The van der Waals surface area contributed by atoms with Gasteiger partial charge < -0.3 is 5.11 Å². The SMILES string of the molecule is O=S(=O)(NCC1(CO)CC1)c1cnc(Cl)s1. The Labute approximate surface area is 103 Å². The Morgan fingerprint density at radius 3 is 2.75 bits per heavy atom. The van der Waals surface area contributed by atoms with E-state index in [4.69, 9.17) is 16.7 Å². The molecule has 90 valence electrons. The molecule has 0 atom stereocenters. The van der Waals surface area contributed by atoms with Crippen LogP contribution in [-0.4, -0.2) is 31.7 Å². The van der Waals surface area contributed by atoms with Crippen LogP contribution in [0, 0.1) is 5.41 Å². The molecule has 0 bridgehead atoms. The number of hydrogen-bond acceptors (Lipinski definition) is 5. The molecule has 1 aliphatic carbocycles. The Hall–Kier alpha value is -0.210. The van der Waals surface area contributed by atoms with Crippen molar-refractivity contribution in [2.24, 2.45) is 5.41 Å². The minimum absolute atomic E-state index is 0.0129. The van der Waals surface area contributed by atoms with Gasteiger partial charge in [0.05, 0.1) is 6.20 Å². The third-order valence-electron chi connectivity index (χ3n) is 2.65. The van der Waals surface area contributed by atoms with Gasteiger partial charge in [-0.25, -0.2) is 18.1 Å². The van der Waals surface area contributed by atoms with Crippen molar-refractivity contribution in [1.29, 1.82) is 0 Å². The summed E-state index contributed by atoms with van der Waals surface area (Å²) in [7, 11) is -3.53. The van der Waals surface area contributed by atoms with Gasteiger partial charge in [0.15, 0.2) is 8.68 Å². The van der Waals surface area contributed by atoms with Crippen molar-refractivity contribution in [2.75, 3.05) is 13.2 Å². The summed E-state index contributed by atoms with van der Waals surface area (Å²) in [5.41, 5.74) is -0.248. The van der Waals surface area contributed by atoms with Gasteiger partial charge in [0.1, 0.15) is 0 Å². The van der Waals surface area contributed by atoms with E-state index in [0.717, 1.165) is 24.2 Å². The number of aliphatic hydroxyl groups excluding tert-OH is 1. The molecular weight excluding hydrogens is 272 g/mol. The van der Waals surface area contributed by atoms with Gasteiger partial charge in [-0.3, -0.25) is 0 Å². The van der Waals surface area contributed by atoms with E-state index >= 15 is 0 Å². The summed E-state index contributed by atoms with van der Waals surface area (Å²) >= 11 is 6.49. The smallest absolute Gasteiger partial charge is 0.251 e. The van der Waals surface area contributed by atoms with Crippen molar-refractivity contribution in [2.45, 2.75) is 17.1 Å². The lowest BCUT2D eigenvalue weighted by atomic mass is 10.1. The van der Waals surface area contributed by atoms with Crippen LogP contribution in [0.25, 0.3) is 0 Å². The fourth-order valence-corrected chi connectivity index (χ4v) is 3.74. The van der Waals surface area contributed by atoms with E-state index in [2.05, 4.69) is 9.71 Å². The van der Waals surface area contributed by atoms with Gasteiger partial charge >= 0.3 is 0 Å². The van der Waals surface area contributed by atoms with E-state index in [-0.39, 0.29) is 27.2 Å². The first-order valence-electron chi connectivity index (χ1n) is 4.69. The Balaban J connectivity index is 2.04. The van der Waals surface area contributed by atoms with Gasteiger partial charge in [-0.2, -0.15) is 0 Å². The molecule has 1 fully saturated rings. The standard InChI is InChI=1S/C8H11ClN2O3S2/c9-7-10-3-6(15-7)16(13,14)11-4-8(5-12)1-2-8/h3,11-12H,1-2,4-5H2. The van der Waals surface area contributed by atoms with Crippen LogP contribution in [0.1, 0.15) is 12.8 Å². The molecule has 1 aromatic heterocycles. The zero-order valence-electron chi connectivity index (χ0n) is 8.31. The normalized spacial score (nSPS) is 18.6. The Morgan fingerprint density at radius 2 is 2.31 bits per heavy atom. The highest BCUT2D eigenvalue weighted by molar-refractivity contribution is 7.91. The maximum atomic E-state index is 11.8. The molecule has 8 heteroatoms. The molecule has 0 spiro atoms. The largest absolute Gasteiger partial charge is 0.396 e. The highest BCUT2D eigenvalue weighted by atomic mass is 35.5. The van der Waals surface area contributed by atoms with Gasteiger partial charge in [-0.1, -0.05) is 22.9 Å². The summed E-state index contributed by atoms with van der Waals surface area (Å²) in [6, 6.07) is 0. The molecule has 0 aliphatic heterocycles. The van der Waals surface area contributed by atoms with Crippen LogP contribution in [0.15, 0.2) is 10.4 Å². The van der Waals surface area contributed by atoms with Crippen molar-refractivity contribution in [3.8, 4) is 0 Å². The first-order chi connectivity index (χ1) is 7.47. The summed E-state index contributed by atoms with van der Waals surface area (Å²) in [5.74, 6) is 0. The first-order valence-corrected chi connectivity index (χ1v) is 7.37. The second-order valence-electron chi connectivity index (χ2n) is 3.91. The van der Waals surface area contributed by atoms with Gasteiger partial charge in [0.25, 0.3) is 10.0 Å². The number of aliphatic hydroxyl groups is 1. The highest BCUT2D eigenvalue weighted by Crippen LogP contribution is 2.44. The number of nitrogens with zero attached hydrogens (tertiary/aromatic N) is 1. The molecule has 0 aromatic carbocycles. The fraction of sp³-hybridized carbons (Fsp3) is 0.625. The molecule has 2 N–H and O–H groups in total. The number of nitrogens with one attached hydrogen (secondary N) is 1. The molecule has 0 radical (unpaired) electrons. The monoisotopic (exact) mass is 282 g/mol. The minimum Gasteiger partial charge on any atom is -0.396 e. The molecule has 1 aliphatic rings. The summed E-state index contributed by atoms with van der Waals surface area (Å²) in [4.78, 5) is 3.68. The zero-order chi connectivity index (χ0) is 11.8. The molecule has 0 unspecified atom stereocenters. The average molecular weight is 283 g/mol. The number of sulfonamides is 1. The minimum atomic E-state index is -3.53. The second kappa shape index (κ2) is 4.23. The highest BCUT2D eigenvalue weighted by Gasteiger charge is 2.42. The lowest BCUT2D eigenvalue weighted by Gasteiger charge is -2.11. The molecule has 2 rings (SSSR count). The van der Waals surface area contributed by atoms with Crippen molar-refractivity contribution < 1.29 is 13.5 Å². The predicted octanol–water partition coefficient (Wildman–Crippen LogP) is 0.847. The van der Waals surface area contributed by atoms with Crippen molar-refractivity contribution in [3.63, 3.8) is 0 Å². The van der Waals surface area contributed by atoms with E-state index in [9.17, 15) is 8.42 Å². The lowest BCUT2D eigenvalue weighted by molar-refractivity contribution is 0.213. The summed E-state index contributed by atoms with van der Waals surface area (Å²) < 4.78 is 26.3. The van der Waals surface area contributed by atoms with Crippen LogP contribution in [0.5, 0.6) is 0 Å². The summed E-state index contributed by atoms with van der Waals surface area (Å²) in [6.45, 7) is 0.278. The Morgan fingerprint density at radius 1 is 1.62 bits per heavy atom. The van der Waals surface area contributed by atoms with E-state index in [1.165, 1.54) is 6.20 Å². The van der Waals surface area contributed by atoms with E-state index in [1.807, 2.05) is 0 Å². The maximum absolute atomic E-state index is 11.8. The van der Waals surface area contributed by atoms with Crippen molar-refractivity contribution in [1.82, 2.24) is 9.71 Å². The molecule has 16 heavy (non-hydrogen) atoms. The first kappa shape index (κ1) is 12.3. The van der Waals surface area contributed by atoms with Crippen LogP contribution in [0.3, 0.4) is 0 Å². The number of thiazole rings is 1. The van der Waals surface area contributed by atoms with Crippen LogP contribution >= 0.6 is 22.9 Å². The van der Waals surface area contributed by atoms with E-state index < -0.39 is 10.0 Å². The van der Waals surface area contributed by atoms with Crippen LogP contribution < -0.4 is 4.72 Å². The molecule has 0 saturated heterocycles. The molecule has 1 aromatic rings. The third kappa shape index (κ3) is 2.54. The lowest BCUT2D eigenvalue weighted by Crippen LogP contribution is -2.31. The van der Waals surface area contributed by atoms with Gasteiger partial charge in [-0.05, 0) is 12.8 Å². The predicted molar refractivity (Wildman–Crippen MR) is 61.1 cm³/mol. The average Bonchev–Trinajstić information content (AvgIpc) is 2.91. The van der Waals surface area contributed by atoms with E-state index in [1.54, 1.807) is 0 Å². The second-order valence-corrected chi connectivity index (χ2v) is 7.52. The summed E-state index contributed by atoms with van der Waals surface area (Å²) in [6.07, 6.45) is 2.94. The zero-order valence-corrected chi connectivity index (χ0v) is 10.7. The Bertz CT molecular complexity index is 481. The van der Waals surface area contributed by atoms with Crippen molar-refractivity contribution >= 4 is 33.0 Å². The molecule has 5 nitrogen and oxygen atoms in total. The number of halogens is 1. The number of aromatic nitrogens is 1. The molecular formula is C8H11ClN2O3S2. The molecule has 1 heterocycles. The third-order valence-corrected chi connectivity index (χ3v) is 5.63. The Kier molecular flexibility index (Phi) is 3.24. The molecule has 0 amide bonds. The number of hydrogen-bond donors (Lipinski definition) is 2. The summed E-state index contributed by atoms with van der Waals surface area (Å²) in [5, 5.41) is 9.06. The van der Waals surface area contributed by atoms with Gasteiger partial charge in [0.2, 0.25) is 0 Å². The van der Waals surface area contributed by atoms with E-state index in [0.29, 0.717) is 0 Å². The van der Waals surface area contributed by atoms with Crippen LogP contribution in [0.2, 0.25) is 4.47 Å². The fourth-order valence-electron chi connectivity index (χ4n) is 1.25. The topological polar surface area (TPSA) is 79.3 Å². The maximum Gasteiger partial charge on any atom is 0.251 e. The quantitative estimate of drug-likeness (QED) is 0.839. The molecule has 1 saturated carbocycles. The van der Waals surface area contributed by atoms with Crippen LogP contribution in [0.4, 0.5) is 0 Å². The van der Waals surface area contributed by atoms with Crippen LogP contribution in [-0.2, 0) is 10.0 Å².